The summed E-state index contributed by atoms with van der Waals surface area (Å²) in [7, 11) is 0. The molecule has 0 radical (unpaired) electrons. The van der Waals surface area contributed by atoms with Crippen LogP contribution in [0.3, 0.4) is 0 Å². The molecule has 30 heavy (non-hydrogen) atoms. The number of pyridine rings is 1. The second-order valence-corrected chi connectivity index (χ2v) is 7.75. The summed E-state index contributed by atoms with van der Waals surface area (Å²) in [6, 6.07) is 13.6. The fraction of sp³-hybridized carbons (Fsp3) is 0.375. The number of ether oxygens (including phenoxy) is 1. The molecule has 2 N–H and O–H groups in total. The van der Waals surface area contributed by atoms with Crippen LogP contribution in [0.2, 0.25) is 0 Å². The minimum atomic E-state index is -0.144. The van der Waals surface area contributed by atoms with Crippen molar-refractivity contribution < 1.29 is 4.74 Å². The summed E-state index contributed by atoms with van der Waals surface area (Å²) in [6.45, 7) is 2.64. The standard InChI is InChI=1S/C24H28N4O2/c1-2-19-14-23(29)28-24(27-19)18-11-12-22(26-16-18)25-15-17-7-6-10-21(13-17)30-20-8-4-3-5-9-20/h6-7,10-14,16,20H,2-5,8-9,15H2,1H3,(H,25,26)(H,27,28,29). The van der Waals surface area contributed by atoms with Crippen LogP contribution in [0.4, 0.5) is 5.82 Å². The van der Waals surface area contributed by atoms with E-state index in [0.717, 1.165) is 41.2 Å². The van der Waals surface area contributed by atoms with Crippen LogP contribution in [0.1, 0.15) is 50.3 Å². The Kier molecular flexibility index (Phi) is 6.42. The largest absolute Gasteiger partial charge is 0.490 e. The number of aryl methyl sites for hydroxylation is 1. The Morgan fingerprint density at radius 3 is 2.77 bits per heavy atom. The number of nitrogens with one attached hydrogen (secondary N) is 2. The predicted octanol–water partition coefficient (Wildman–Crippen LogP) is 4.72. The summed E-state index contributed by atoms with van der Waals surface area (Å²) in [6.07, 6.45) is 8.95. The van der Waals surface area contributed by atoms with Crippen molar-refractivity contribution in [1.29, 1.82) is 0 Å². The summed E-state index contributed by atoms with van der Waals surface area (Å²) < 4.78 is 6.16. The first-order valence-electron chi connectivity index (χ1n) is 10.8. The van der Waals surface area contributed by atoms with Crippen molar-refractivity contribution >= 4 is 5.82 Å². The maximum absolute atomic E-state index is 11.8. The van der Waals surface area contributed by atoms with Crippen molar-refractivity contribution in [2.75, 3.05) is 5.32 Å². The van der Waals surface area contributed by atoms with Gasteiger partial charge in [0.25, 0.3) is 5.56 Å². The van der Waals surface area contributed by atoms with Crippen molar-refractivity contribution in [2.45, 2.75) is 58.1 Å². The van der Waals surface area contributed by atoms with Crippen molar-refractivity contribution in [3.63, 3.8) is 0 Å². The Bertz CT molecular complexity index is 1020. The lowest BCUT2D eigenvalue weighted by atomic mass is 9.98. The highest BCUT2D eigenvalue weighted by Crippen LogP contribution is 2.24. The minimum absolute atomic E-state index is 0.144. The zero-order valence-electron chi connectivity index (χ0n) is 17.4. The Labute approximate surface area is 176 Å². The third-order valence-corrected chi connectivity index (χ3v) is 5.42. The van der Waals surface area contributed by atoms with E-state index in [9.17, 15) is 4.79 Å². The lowest BCUT2D eigenvalue weighted by Gasteiger charge is -2.23. The van der Waals surface area contributed by atoms with E-state index < -0.39 is 0 Å². The zero-order chi connectivity index (χ0) is 20.8. The first-order chi connectivity index (χ1) is 14.7. The van der Waals surface area contributed by atoms with Crippen LogP contribution in [-0.2, 0) is 13.0 Å². The van der Waals surface area contributed by atoms with E-state index in [1.807, 2.05) is 31.2 Å². The molecule has 3 aromatic rings. The summed E-state index contributed by atoms with van der Waals surface area (Å²) in [5, 5.41) is 3.35. The number of nitrogens with zero attached hydrogens (tertiary/aromatic N) is 2. The van der Waals surface area contributed by atoms with Gasteiger partial charge in [-0.1, -0.05) is 25.5 Å². The molecule has 0 atom stereocenters. The summed E-state index contributed by atoms with van der Waals surface area (Å²) in [5.41, 5.74) is 2.56. The first kappa shape index (κ1) is 20.1. The molecular weight excluding hydrogens is 376 g/mol. The van der Waals surface area contributed by atoms with Crippen LogP contribution in [0, 0.1) is 0 Å². The smallest absolute Gasteiger partial charge is 0.251 e. The lowest BCUT2D eigenvalue weighted by Crippen LogP contribution is -2.19. The molecule has 156 valence electrons. The van der Waals surface area contributed by atoms with Gasteiger partial charge >= 0.3 is 0 Å². The van der Waals surface area contributed by atoms with Crippen LogP contribution in [-0.4, -0.2) is 21.1 Å². The average molecular weight is 405 g/mol. The third kappa shape index (κ3) is 5.26. The fourth-order valence-electron chi connectivity index (χ4n) is 3.76. The van der Waals surface area contributed by atoms with E-state index in [1.54, 1.807) is 6.20 Å². The number of H-pyrrole nitrogens is 1. The van der Waals surface area contributed by atoms with Crippen LogP contribution in [0.5, 0.6) is 5.75 Å². The molecule has 1 saturated carbocycles. The van der Waals surface area contributed by atoms with Crippen molar-refractivity contribution in [1.82, 2.24) is 15.0 Å². The van der Waals surface area contributed by atoms with Crippen LogP contribution < -0.4 is 15.6 Å². The molecule has 0 aliphatic heterocycles. The molecule has 0 unspecified atom stereocenters. The monoisotopic (exact) mass is 404 g/mol. The van der Waals surface area contributed by atoms with Gasteiger partial charge in [-0.3, -0.25) is 4.79 Å². The van der Waals surface area contributed by atoms with E-state index in [4.69, 9.17) is 4.74 Å². The van der Waals surface area contributed by atoms with Crippen LogP contribution >= 0.6 is 0 Å². The molecule has 0 saturated heterocycles. The predicted molar refractivity (Wildman–Crippen MR) is 119 cm³/mol. The highest BCUT2D eigenvalue weighted by atomic mass is 16.5. The van der Waals surface area contributed by atoms with Gasteiger partial charge in [-0.25, -0.2) is 9.97 Å². The lowest BCUT2D eigenvalue weighted by molar-refractivity contribution is 0.155. The van der Waals surface area contributed by atoms with Crippen molar-refractivity contribution in [2.24, 2.45) is 0 Å². The van der Waals surface area contributed by atoms with Crippen molar-refractivity contribution in [3.8, 4) is 17.1 Å². The van der Waals surface area contributed by atoms with Crippen LogP contribution in [0.25, 0.3) is 11.4 Å². The van der Waals surface area contributed by atoms with E-state index in [-0.39, 0.29) is 5.56 Å². The van der Waals surface area contributed by atoms with E-state index in [1.165, 1.54) is 25.3 Å². The number of hydrogen-bond acceptors (Lipinski definition) is 5. The Morgan fingerprint density at radius 2 is 2.00 bits per heavy atom. The number of hydrogen-bond donors (Lipinski definition) is 2. The van der Waals surface area contributed by atoms with Crippen LogP contribution in [0.15, 0.2) is 53.5 Å². The van der Waals surface area contributed by atoms with Crippen molar-refractivity contribution in [3.05, 3.63) is 70.3 Å². The second-order valence-electron chi connectivity index (χ2n) is 7.75. The molecule has 1 fully saturated rings. The summed E-state index contributed by atoms with van der Waals surface area (Å²) in [5.74, 6) is 2.26. The Morgan fingerprint density at radius 1 is 1.13 bits per heavy atom. The SMILES string of the molecule is CCc1cc(=O)[nH]c(-c2ccc(NCc3cccc(OC4CCCCC4)c3)nc2)n1. The molecule has 2 heterocycles. The third-order valence-electron chi connectivity index (χ3n) is 5.42. The van der Waals surface area contributed by atoms with Gasteiger partial charge < -0.3 is 15.0 Å². The van der Waals surface area contributed by atoms with E-state index in [2.05, 4.69) is 32.4 Å². The highest BCUT2D eigenvalue weighted by molar-refractivity contribution is 5.56. The topological polar surface area (TPSA) is 79.9 Å². The normalized spacial score (nSPS) is 14.4. The molecule has 6 heteroatoms. The van der Waals surface area contributed by atoms with Gasteiger partial charge in [0.2, 0.25) is 0 Å². The Balaban J connectivity index is 1.38. The Hall–Kier alpha value is -3.15. The zero-order valence-corrected chi connectivity index (χ0v) is 17.4. The molecule has 1 aromatic carbocycles. The highest BCUT2D eigenvalue weighted by Gasteiger charge is 2.14. The molecule has 1 aliphatic rings. The fourth-order valence-corrected chi connectivity index (χ4v) is 3.76. The molecule has 1 aliphatic carbocycles. The van der Waals surface area contributed by atoms with Gasteiger partial charge in [-0.05, 0) is 61.9 Å². The van der Waals surface area contributed by atoms with Gasteiger partial charge in [0.15, 0.2) is 0 Å². The first-order valence-corrected chi connectivity index (χ1v) is 10.8. The van der Waals surface area contributed by atoms with Gasteiger partial charge in [0.05, 0.1) is 6.10 Å². The number of aromatic amines is 1. The molecule has 2 aromatic heterocycles. The quantitative estimate of drug-likeness (QED) is 0.596. The molecular formula is C24H28N4O2. The maximum atomic E-state index is 11.8. The number of anilines is 1. The molecule has 4 rings (SSSR count). The average Bonchev–Trinajstić information content (AvgIpc) is 2.78. The van der Waals surface area contributed by atoms with E-state index >= 15 is 0 Å². The van der Waals surface area contributed by atoms with E-state index in [0.29, 0.717) is 24.9 Å². The summed E-state index contributed by atoms with van der Waals surface area (Å²) >= 11 is 0. The van der Waals surface area contributed by atoms with Gasteiger partial charge in [0, 0.05) is 30.1 Å². The molecule has 0 amide bonds. The molecule has 0 bridgehead atoms. The number of benzene rings is 1. The number of aromatic nitrogens is 3. The second kappa shape index (κ2) is 9.57. The van der Waals surface area contributed by atoms with Gasteiger partial charge in [0.1, 0.15) is 17.4 Å². The minimum Gasteiger partial charge on any atom is -0.490 e. The van der Waals surface area contributed by atoms with Gasteiger partial charge in [-0.15, -0.1) is 0 Å². The maximum Gasteiger partial charge on any atom is 0.251 e. The van der Waals surface area contributed by atoms with Gasteiger partial charge in [-0.2, -0.15) is 0 Å². The number of rotatable bonds is 7. The molecule has 6 nitrogen and oxygen atoms in total. The molecule has 0 spiro atoms. The summed E-state index contributed by atoms with van der Waals surface area (Å²) in [4.78, 5) is 23.5.